The number of amides is 1. The first-order valence-electron chi connectivity index (χ1n) is 9.49. The number of hydrogen-bond donors (Lipinski definition) is 0. The van der Waals surface area contributed by atoms with Gasteiger partial charge in [0, 0.05) is 25.6 Å². The molecule has 1 unspecified atom stereocenters. The second kappa shape index (κ2) is 8.16. The van der Waals surface area contributed by atoms with Crippen LogP contribution in [0, 0.1) is 0 Å². The summed E-state index contributed by atoms with van der Waals surface area (Å²) >= 11 is 0. The lowest BCUT2D eigenvalue weighted by atomic mass is 10.1. The Hall–Kier alpha value is -3.29. The summed E-state index contributed by atoms with van der Waals surface area (Å²) in [6, 6.07) is 9.89. The maximum absolute atomic E-state index is 12.6. The van der Waals surface area contributed by atoms with E-state index in [1.165, 1.54) is 0 Å². The van der Waals surface area contributed by atoms with Crippen molar-refractivity contribution in [3.8, 4) is 11.6 Å². The van der Waals surface area contributed by atoms with Gasteiger partial charge in [0.2, 0.25) is 5.91 Å². The summed E-state index contributed by atoms with van der Waals surface area (Å²) in [5.41, 5.74) is 1.57. The van der Waals surface area contributed by atoms with Crippen LogP contribution in [0.3, 0.4) is 0 Å². The van der Waals surface area contributed by atoms with Crippen molar-refractivity contribution in [1.82, 2.24) is 30.0 Å². The lowest BCUT2D eigenvalue weighted by molar-refractivity contribution is -0.127. The van der Waals surface area contributed by atoms with Gasteiger partial charge in [0.05, 0.1) is 12.2 Å². The Labute approximate surface area is 162 Å². The van der Waals surface area contributed by atoms with Gasteiger partial charge in [-0.25, -0.2) is 4.68 Å². The van der Waals surface area contributed by atoms with Crippen LogP contribution >= 0.6 is 0 Å². The van der Waals surface area contributed by atoms with E-state index in [0.29, 0.717) is 30.4 Å². The van der Waals surface area contributed by atoms with Crippen LogP contribution in [0.15, 0.2) is 47.1 Å². The van der Waals surface area contributed by atoms with E-state index in [4.69, 9.17) is 4.52 Å². The monoisotopic (exact) mass is 378 g/mol. The smallest absolute Gasteiger partial charge is 0.280 e. The number of rotatable bonds is 5. The second-order valence-electron chi connectivity index (χ2n) is 6.78. The third-order valence-corrected chi connectivity index (χ3v) is 4.81. The summed E-state index contributed by atoms with van der Waals surface area (Å²) in [6.45, 7) is 3.32. The summed E-state index contributed by atoms with van der Waals surface area (Å²) in [5, 5.41) is 12.3. The molecule has 1 aliphatic heterocycles. The first kappa shape index (κ1) is 18.1. The third-order valence-electron chi connectivity index (χ3n) is 4.81. The Morgan fingerprint density at radius 1 is 1.32 bits per heavy atom. The van der Waals surface area contributed by atoms with E-state index in [0.717, 1.165) is 24.9 Å². The molecule has 4 rings (SSSR count). The fraction of sp³-hybridized carbons (Fsp3) is 0.350. The molecule has 3 heterocycles. The highest BCUT2D eigenvalue weighted by molar-refractivity contribution is 5.91. The molecule has 28 heavy (non-hydrogen) atoms. The zero-order valence-corrected chi connectivity index (χ0v) is 15.7. The van der Waals surface area contributed by atoms with Gasteiger partial charge in [0.15, 0.2) is 11.5 Å². The number of carbonyl (C=O) groups is 1. The molecule has 0 radical (unpaired) electrons. The molecule has 1 amide bonds. The van der Waals surface area contributed by atoms with E-state index in [1.807, 2.05) is 54.4 Å². The molecule has 1 atom stereocenters. The largest absolute Gasteiger partial charge is 0.337 e. The van der Waals surface area contributed by atoms with E-state index < -0.39 is 0 Å². The van der Waals surface area contributed by atoms with Crippen LogP contribution in [-0.4, -0.2) is 49.0 Å². The number of aromatic nitrogens is 5. The molecule has 1 aliphatic rings. The summed E-state index contributed by atoms with van der Waals surface area (Å²) < 4.78 is 7.02. The van der Waals surface area contributed by atoms with E-state index >= 15 is 0 Å². The molecule has 1 aromatic carbocycles. The summed E-state index contributed by atoms with van der Waals surface area (Å²) in [5.74, 6) is 1.03. The zero-order valence-electron chi connectivity index (χ0n) is 15.7. The molecule has 1 fully saturated rings. The molecule has 0 N–H and O–H groups in total. The Bertz CT molecular complexity index is 962. The maximum Gasteiger partial charge on any atom is 0.280 e. The van der Waals surface area contributed by atoms with Crippen molar-refractivity contribution in [3.05, 3.63) is 54.0 Å². The van der Waals surface area contributed by atoms with Crippen LogP contribution in [-0.2, 0) is 11.2 Å². The predicted octanol–water partition coefficient (Wildman–Crippen LogP) is 2.77. The minimum absolute atomic E-state index is 0.0124. The van der Waals surface area contributed by atoms with Gasteiger partial charge in [-0.3, -0.25) is 4.79 Å². The number of hydrogen-bond acceptors (Lipinski definition) is 6. The molecule has 0 saturated carbocycles. The number of benzene rings is 1. The Morgan fingerprint density at radius 2 is 2.18 bits per heavy atom. The standard InChI is InChI=1S/C20H22N6O2/c1-2-18-21-20(28-23-18)17-14-26(24-22-17)16-9-6-12-25(13-16)19(27)11-10-15-7-4-3-5-8-15/h3-5,7-8,10-11,14,16H,2,6,9,12-13H2,1H3/b11-10+. The molecule has 0 spiro atoms. The number of nitrogens with zero attached hydrogens (tertiary/aromatic N) is 6. The Kier molecular flexibility index (Phi) is 5.27. The van der Waals surface area contributed by atoms with Crippen LogP contribution in [0.2, 0.25) is 0 Å². The van der Waals surface area contributed by atoms with Crippen molar-refractivity contribution in [2.75, 3.05) is 13.1 Å². The molecule has 3 aromatic rings. The molecular weight excluding hydrogens is 356 g/mol. The number of likely N-dealkylation sites (tertiary alicyclic amines) is 1. The van der Waals surface area contributed by atoms with E-state index in [-0.39, 0.29) is 11.9 Å². The van der Waals surface area contributed by atoms with Crippen LogP contribution < -0.4 is 0 Å². The van der Waals surface area contributed by atoms with Gasteiger partial charge in [0.1, 0.15) is 0 Å². The van der Waals surface area contributed by atoms with Gasteiger partial charge in [-0.05, 0) is 24.5 Å². The topological polar surface area (TPSA) is 89.9 Å². The molecular formula is C20H22N6O2. The van der Waals surface area contributed by atoms with E-state index in [1.54, 1.807) is 10.8 Å². The van der Waals surface area contributed by atoms with Gasteiger partial charge in [-0.15, -0.1) is 5.10 Å². The van der Waals surface area contributed by atoms with Crippen molar-refractivity contribution in [1.29, 1.82) is 0 Å². The average molecular weight is 378 g/mol. The highest BCUT2D eigenvalue weighted by atomic mass is 16.5. The highest BCUT2D eigenvalue weighted by Crippen LogP contribution is 2.23. The van der Waals surface area contributed by atoms with Gasteiger partial charge in [-0.1, -0.05) is 47.6 Å². The third kappa shape index (κ3) is 4.00. The lowest BCUT2D eigenvalue weighted by Gasteiger charge is -2.31. The summed E-state index contributed by atoms with van der Waals surface area (Å²) in [4.78, 5) is 18.7. The average Bonchev–Trinajstić information content (AvgIpc) is 3.42. The van der Waals surface area contributed by atoms with Crippen molar-refractivity contribution in [2.45, 2.75) is 32.2 Å². The fourth-order valence-electron chi connectivity index (χ4n) is 3.26. The van der Waals surface area contributed by atoms with Crippen LogP contribution in [0.4, 0.5) is 0 Å². The summed E-state index contributed by atoms with van der Waals surface area (Å²) in [6.07, 6.45) is 7.86. The van der Waals surface area contributed by atoms with E-state index in [9.17, 15) is 4.79 Å². The minimum Gasteiger partial charge on any atom is -0.337 e. The van der Waals surface area contributed by atoms with E-state index in [2.05, 4.69) is 20.5 Å². The first-order valence-corrected chi connectivity index (χ1v) is 9.49. The van der Waals surface area contributed by atoms with Gasteiger partial charge in [-0.2, -0.15) is 4.98 Å². The highest BCUT2D eigenvalue weighted by Gasteiger charge is 2.25. The zero-order chi connectivity index (χ0) is 19.3. The van der Waals surface area contributed by atoms with Crippen LogP contribution in [0.25, 0.3) is 17.7 Å². The SMILES string of the molecule is CCc1noc(-c2cn(C3CCCN(C(=O)/C=C/c4ccccc4)C3)nn2)n1. The fourth-order valence-corrected chi connectivity index (χ4v) is 3.26. The minimum atomic E-state index is 0.0124. The maximum atomic E-state index is 12.6. The van der Waals surface area contributed by atoms with Gasteiger partial charge >= 0.3 is 0 Å². The normalized spacial score (nSPS) is 17.3. The number of carbonyl (C=O) groups excluding carboxylic acids is 1. The quantitative estimate of drug-likeness (QED) is 0.634. The van der Waals surface area contributed by atoms with Gasteiger partial charge in [0.25, 0.3) is 5.89 Å². The van der Waals surface area contributed by atoms with Crippen molar-refractivity contribution < 1.29 is 9.32 Å². The molecule has 144 valence electrons. The molecule has 1 saturated heterocycles. The van der Waals surface area contributed by atoms with Crippen molar-refractivity contribution in [3.63, 3.8) is 0 Å². The van der Waals surface area contributed by atoms with Gasteiger partial charge < -0.3 is 9.42 Å². The molecule has 8 nitrogen and oxygen atoms in total. The molecule has 0 bridgehead atoms. The van der Waals surface area contributed by atoms with Crippen LogP contribution in [0.5, 0.6) is 0 Å². The first-order chi connectivity index (χ1) is 13.7. The van der Waals surface area contributed by atoms with Crippen molar-refractivity contribution >= 4 is 12.0 Å². The predicted molar refractivity (Wildman–Crippen MR) is 103 cm³/mol. The van der Waals surface area contributed by atoms with Crippen LogP contribution in [0.1, 0.15) is 37.2 Å². The Morgan fingerprint density at radius 3 is 2.96 bits per heavy atom. The second-order valence-corrected chi connectivity index (χ2v) is 6.78. The molecule has 8 heteroatoms. The van der Waals surface area contributed by atoms with Crippen molar-refractivity contribution in [2.24, 2.45) is 0 Å². The molecule has 2 aromatic heterocycles. The summed E-state index contributed by atoms with van der Waals surface area (Å²) in [7, 11) is 0. The Balaban J connectivity index is 1.42. The molecule has 0 aliphatic carbocycles. The number of piperidine rings is 1. The number of aryl methyl sites for hydroxylation is 1. The lowest BCUT2D eigenvalue weighted by Crippen LogP contribution is -2.40.